The number of carbonyl (C=O) groups is 1. The standard InChI is InChI=1S/C23H20ClF2N3O3S/c24-19-10-5-16(15-21(19)27-33(31,32)18-8-6-17(25)7-9-18)23(30)29-13-11-28(12-14-29)22-4-2-1-3-20(22)26/h1-10,15,27H,11-14H2. The van der Waals surface area contributed by atoms with Crippen molar-refractivity contribution in [2.45, 2.75) is 4.90 Å². The Morgan fingerprint density at radius 2 is 1.58 bits per heavy atom. The van der Waals surface area contributed by atoms with Crippen LogP contribution in [0.4, 0.5) is 20.2 Å². The van der Waals surface area contributed by atoms with Crippen molar-refractivity contribution in [3.63, 3.8) is 0 Å². The van der Waals surface area contributed by atoms with Crippen LogP contribution in [0.5, 0.6) is 0 Å². The van der Waals surface area contributed by atoms with Crippen molar-refractivity contribution in [1.29, 1.82) is 0 Å². The minimum atomic E-state index is -4.03. The molecule has 1 aliphatic rings. The van der Waals surface area contributed by atoms with Gasteiger partial charge in [-0.25, -0.2) is 17.2 Å². The molecule has 1 saturated heterocycles. The van der Waals surface area contributed by atoms with Crippen LogP contribution in [0.3, 0.4) is 0 Å². The number of rotatable bonds is 5. The molecule has 6 nitrogen and oxygen atoms in total. The third kappa shape index (κ3) is 5.09. The Balaban J connectivity index is 1.48. The van der Waals surface area contributed by atoms with Gasteiger partial charge in [-0.3, -0.25) is 9.52 Å². The zero-order chi connectivity index (χ0) is 23.6. The number of anilines is 2. The fourth-order valence-corrected chi connectivity index (χ4v) is 4.89. The van der Waals surface area contributed by atoms with Gasteiger partial charge in [-0.15, -0.1) is 0 Å². The molecule has 33 heavy (non-hydrogen) atoms. The summed E-state index contributed by atoms with van der Waals surface area (Å²) in [4.78, 5) is 16.4. The maximum atomic E-state index is 14.0. The van der Waals surface area contributed by atoms with E-state index < -0.39 is 15.8 Å². The van der Waals surface area contributed by atoms with Gasteiger partial charge in [0.25, 0.3) is 15.9 Å². The molecule has 0 bridgehead atoms. The maximum Gasteiger partial charge on any atom is 0.261 e. The van der Waals surface area contributed by atoms with E-state index in [1.54, 1.807) is 23.1 Å². The number of amides is 1. The lowest BCUT2D eigenvalue weighted by Crippen LogP contribution is -2.49. The van der Waals surface area contributed by atoms with Crippen LogP contribution in [0.2, 0.25) is 5.02 Å². The van der Waals surface area contributed by atoms with Gasteiger partial charge in [0.15, 0.2) is 0 Å². The van der Waals surface area contributed by atoms with E-state index in [2.05, 4.69) is 4.72 Å². The summed E-state index contributed by atoms with van der Waals surface area (Å²) in [6, 6.07) is 15.2. The molecule has 0 atom stereocenters. The van der Waals surface area contributed by atoms with Crippen LogP contribution in [-0.2, 0) is 10.0 Å². The van der Waals surface area contributed by atoms with Crippen LogP contribution < -0.4 is 9.62 Å². The highest BCUT2D eigenvalue weighted by atomic mass is 35.5. The smallest absolute Gasteiger partial charge is 0.261 e. The Bertz CT molecular complexity index is 1280. The Morgan fingerprint density at radius 1 is 0.909 bits per heavy atom. The predicted octanol–water partition coefficient (Wildman–Crippen LogP) is 4.38. The first-order valence-corrected chi connectivity index (χ1v) is 12.0. The molecule has 4 rings (SSSR count). The van der Waals surface area contributed by atoms with Gasteiger partial charge in [-0.05, 0) is 54.6 Å². The maximum absolute atomic E-state index is 14.0. The fraction of sp³-hybridized carbons (Fsp3) is 0.174. The lowest BCUT2D eigenvalue weighted by molar-refractivity contribution is 0.0746. The number of halogens is 3. The van der Waals surface area contributed by atoms with Gasteiger partial charge in [-0.2, -0.15) is 0 Å². The summed E-state index contributed by atoms with van der Waals surface area (Å²) < 4.78 is 54.8. The first-order chi connectivity index (χ1) is 15.7. The van der Waals surface area contributed by atoms with E-state index in [1.807, 2.05) is 4.90 Å². The molecular formula is C23H20ClF2N3O3S. The summed E-state index contributed by atoms with van der Waals surface area (Å²) in [6.45, 7) is 1.69. The van der Waals surface area contributed by atoms with Crippen LogP contribution in [-0.4, -0.2) is 45.4 Å². The number of benzene rings is 3. The number of para-hydroxylation sites is 1. The number of hydrogen-bond acceptors (Lipinski definition) is 4. The largest absolute Gasteiger partial charge is 0.366 e. The minimum Gasteiger partial charge on any atom is -0.366 e. The number of nitrogens with zero attached hydrogens (tertiary/aromatic N) is 2. The molecule has 1 N–H and O–H groups in total. The normalized spacial score (nSPS) is 14.3. The van der Waals surface area contributed by atoms with Gasteiger partial charge < -0.3 is 9.80 Å². The Labute approximate surface area is 195 Å². The van der Waals surface area contributed by atoms with Gasteiger partial charge in [0.1, 0.15) is 11.6 Å². The molecule has 3 aromatic rings. The predicted molar refractivity (Wildman–Crippen MR) is 123 cm³/mol. The van der Waals surface area contributed by atoms with Crippen LogP contribution in [0, 0.1) is 11.6 Å². The summed E-state index contributed by atoms with van der Waals surface area (Å²) in [5, 5.41) is 0.113. The second-order valence-electron chi connectivity index (χ2n) is 7.48. The molecule has 0 aliphatic carbocycles. The van der Waals surface area contributed by atoms with Gasteiger partial charge in [-0.1, -0.05) is 23.7 Å². The van der Waals surface area contributed by atoms with E-state index in [-0.39, 0.29) is 32.9 Å². The Hall–Kier alpha value is -3.17. The summed E-state index contributed by atoms with van der Waals surface area (Å²) in [6.07, 6.45) is 0. The van der Waals surface area contributed by atoms with Gasteiger partial charge in [0.2, 0.25) is 0 Å². The van der Waals surface area contributed by atoms with Crippen molar-refractivity contribution in [3.8, 4) is 0 Å². The first kappa shape index (κ1) is 23.0. The lowest BCUT2D eigenvalue weighted by Gasteiger charge is -2.36. The average Bonchev–Trinajstić information content (AvgIpc) is 2.81. The number of nitrogens with one attached hydrogen (secondary N) is 1. The highest BCUT2D eigenvalue weighted by Crippen LogP contribution is 2.27. The number of sulfonamides is 1. The molecule has 1 aliphatic heterocycles. The summed E-state index contributed by atoms with van der Waals surface area (Å²) in [5.41, 5.74) is 0.793. The molecule has 1 amide bonds. The second kappa shape index (κ2) is 9.36. The van der Waals surface area contributed by atoms with Gasteiger partial charge in [0, 0.05) is 31.7 Å². The minimum absolute atomic E-state index is 0.0387. The molecule has 1 heterocycles. The lowest BCUT2D eigenvalue weighted by atomic mass is 10.1. The Morgan fingerprint density at radius 3 is 2.24 bits per heavy atom. The van der Waals surface area contributed by atoms with E-state index in [0.29, 0.717) is 31.9 Å². The molecule has 0 aromatic heterocycles. The molecule has 0 saturated carbocycles. The quantitative estimate of drug-likeness (QED) is 0.575. The third-order valence-corrected chi connectivity index (χ3v) is 7.05. The molecule has 10 heteroatoms. The van der Waals surface area contributed by atoms with E-state index in [1.165, 1.54) is 24.3 Å². The van der Waals surface area contributed by atoms with Crippen LogP contribution in [0.1, 0.15) is 10.4 Å². The molecule has 172 valence electrons. The van der Waals surface area contributed by atoms with Crippen molar-refractivity contribution in [2.75, 3.05) is 35.8 Å². The SMILES string of the molecule is O=C(c1ccc(Cl)c(NS(=O)(=O)c2ccc(F)cc2)c1)N1CCN(c2ccccc2F)CC1. The van der Waals surface area contributed by atoms with Crippen molar-refractivity contribution in [3.05, 3.63) is 89.0 Å². The highest BCUT2D eigenvalue weighted by molar-refractivity contribution is 7.92. The number of piperazine rings is 1. The van der Waals surface area contributed by atoms with E-state index in [4.69, 9.17) is 11.6 Å². The summed E-state index contributed by atoms with van der Waals surface area (Å²) in [5.74, 6) is -1.16. The monoisotopic (exact) mass is 491 g/mol. The molecule has 3 aromatic carbocycles. The number of hydrogen-bond donors (Lipinski definition) is 1. The molecule has 0 radical (unpaired) electrons. The van der Waals surface area contributed by atoms with E-state index in [9.17, 15) is 22.0 Å². The first-order valence-electron chi connectivity index (χ1n) is 10.1. The van der Waals surface area contributed by atoms with Crippen LogP contribution in [0.25, 0.3) is 0 Å². The van der Waals surface area contributed by atoms with Crippen molar-refractivity contribution < 1.29 is 22.0 Å². The second-order valence-corrected chi connectivity index (χ2v) is 9.57. The van der Waals surface area contributed by atoms with Gasteiger partial charge in [0.05, 0.1) is 21.3 Å². The van der Waals surface area contributed by atoms with E-state index in [0.717, 1.165) is 24.3 Å². The van der Waals surface area contributed by atoms with Crippen molar-refractivity contribution in [1.82, 2.24) is 4.90 Å². The van der Waals surface area contributed by atoms with Crippen LogP contribution >= 0.6 is 11.6 Å². The topological polar surface area (TPSA) is 69.7 Å². The molecular weight excluding hydrogens is 472 g/mol. The van der Waals surface area contributed by atoms with Crippen molar-refractivity contribution in [2.24, 2.45) is 0 Å². The third-order valence-electron chi connectivity index (χ3n) is 5.34. The summed E-state index contributed by atoms with van der Waals surface area (Å²) in [7, 11) is -4.03. The van der Waals surface area contributed by atoms with E-state index >= 15 is 0 Å². The molecule has 0 unspecified atom stereocenters. The summed E-state index contributed by atoms with van der Waals surface area (Å²) >= 11 is 6.15. The fourth-order valence-electron chi connectivity index (χ4n) is 3.60. The van der Waals surface area contributed by atoms with Crippen LogP contribution in [0.15, 0.2) is 71.6 Å². The zero-order valence-electron chi connectivity index (χ0n) is 17.3. The zero-order valence-corrected chi connectivity index (χ0v) is 18.9. The molecule has 0 spiro atoms. The average molecular weight is 492 g/mol. The Kier molecular flexibility index (Phi) is 6.53. The number of carbonyl (C=O) groups excluding carboxylic acids is 1. The molecule has 1 fully saturated rings. The van der Waals surface area contributed by atoms with Crippen molar-refractivity contribution >= 4 is 38.9 Å². The highest BCUT2D eigenvalue weighted by Gasteiger charge is 2.25. The van der Waals surface area contributed by atoms with Gasteiger partial charge >= 0.3 is 0 Å².